The molecule has 29 heavy (non-hydrogen) atoms. The maximum absolute atomic E-state index is 15.0. The number of rotatable bonds is 5. The Hall–Kier alpha value is -2.66. The summed E-state index contributed by atoms with van der Waals surface area (Å²) in [6.07, 6.45) is 1.44. The van der Waals surface area contributed by atoms with Gasteiger partial charge in [-0.2, -0.15) is 0 Å². The lowest BCUT2D eigenvalue weighted by Crippen LogP contribution is -2.08. The van der Waals surface area contributed by atoms with Crippen LogP contribution in [0.2, 0.25) is 0 Å². The van der Waals surface area contributed by atoms with Gasteiger partial charge in [-0.05, 0) is 41.7 Å². The molecule has 1 aliphatic rings. The minimum absolute atomic E-state index is 0.0462. The number of ether oxygens (including phenoxy) is 2. The van der Waals surface area contributed by atoms with Crippen molar-refractivity contribution in [3.05, 3.63) is 99.0 Å². The molecule has 0 heterocycles. The van der Waals surface area contributed by atoms with Gasteiger partial charge in [0.2, 0.25) is 0 Å². The molecule has 0 saturated heterocycles. The first-order valence-corrected chi connectivity index (χ1v) is 10.1. The number of benzene rings is 3. The van der Waals surface area contributed by atoms with E-state index in [-0.39, 0.29) is 17.9 Å². The van der Waals surface area contributed by atoms with Crippen molar-refractivity contribution in [1.82, 2.24) is 0 Å². The van der Waals surface area contributed by atoms with Crippen molar-refractivity contribution in [2.24, 2.45) is 0 Å². The number of hydrogen-bond donors (Lipinski definition) is 0. The Balaban J connectivity index is 1.68. The van der Waals surface area contributed by atoms with E-state index in [4.69, 9.17) is 9.47 Å². The van der Waals surface area contributed by atoms with Crippen LogP contribution in [0.1, 0.15) is 28.7 Å². The van der Waals surface area contributed by atoms with Gasteiger partial charge in [0, 0.05) is 22.2 Å². The summed E-state index contributed by atoms with van der Waals surface area (Å²) in [6, 6.07) is 17.5. The molecule has 1 aliphatic carbocycles. The average molecular weight is 457 g/mol. The van der Waals surface area contributed by atoms with Crippen LogP contribution in [-0.2, 0) is 13.0 Å². The summed E-state index contributed by atoms with van der Waals surface area (Å²) in [6.45, 7) is 0.244. The van der Waals surface area contributed by atoms with Crippen molar-refractivity contribution < 1.29 is 18.3 Å². The highest BCUT2D eigenvalue weighted by Crippen LogP contribution is 2.42. The van der Waals surface area contributed by atoms with Gasteiger partial charge in [0.05, 0.1) is 12.7 Å². The Bertz CT molecular complexity index is 1050. The molecule has 0 bridgehead atoms. The van der Waals surface area contributed by atoms with Gasteiger partial charge in [-0.15, -0.1) is 0 Å². The van der Waals surface area contributed by atoms with Crippen molar-refractivity contribution in [3.8, 4) is 11.5 Å². The molecular weight excluding hydrogens is 438 g/mol. The third-order valence-corrected chi connectivity index (χ3v) is 5.77. The number of methoxy groups -OCH3 is 1. The van der Waals surface area contributed by atoms with E-state index in [9.17, 15) is 0 Å². The van der Waals surface area contributed by atoms with Crippen LogP contribution in [0.5, 0.6) is 11.5 Å². The third-order valence-electron chi connectivity index (χ3n) is 4.98. The quantitative estimate of drug-likeness (QED) is 0.427. The fourth-order valence-corrected chi connectivity index (χ4v) is 4.16. The van der Waals surface area contributed by atoms with Crippen LogP contribution in [0, 0.1) is 11.6 Å². The Kier molecular flexibility index (Phi) is 5.67. The SMILES string of the molecule is COc1ccc2c(c1)CCC(Br)=C2c1c(F)cc(OCc2ccccc2)cc1F. The standard InChI is InChI=1S/C24H19BrF2O2/c1-28-17-8-9-19-16(11-17)7-10-20(25)23(19)24-21(26)12-18(13-22(24)27)29-14-15-5-3-2-4-6-15/h2-6,8-9,11-13H,7,10,14H2,1H3. The molecule has 4 rings (SSSR count). The molecule has 0 radical (unpaired) electrons. The Labute approximate surface area is 176 Å². The number of allylic oxidation sites excluding steroid dienone is 1. The lowest BCUT2D eigenvalue weighted by Gasteiger charge is -2.22. The summed E-state index contributed by atoms with van der Waals surface area (Å²) in [7, 11) is 1.60. The van der Waals surface area contributed by atoms with Crippen molar-refractivity contribution in [3.63, 3.8) is 0 Å². The molecule has 0 atom stereocenters. The molecule has 0 saturated carbocycles. The lowest BCUT2D eigenvalue weighted by atomic mass is 9.86. The minimum Gasteiger partial charge on any atom is -0.497 e. The number of fused-ring (bicyclic) bond motifs is 1. The van der Waals surface area contributed by atoms with Crippen LogP contribution in [0.25, 0.3) is 5.57 Å². The zero-order chi connectivity index (χ0) is 20.4. The van der Waals surface area contributed by atoms with Gasteiger partial charge >= 0.3 is 0 Å². The zero-order valence-corrected chi connectivity index (χ0v) is 17.4. The number of aryl methyl sites for hydroxylation is 1. The predicted octanol–water partition coefficient (Wildman–Crippen LogP) is 6.65. The predicted molar refractivity (Wildman–Crippen MR) is 113 cm³/mol. The molecule has 3 aromatic carbocycles. The molecule has 0 aliphatic heterocycles. The van der Waals surface area contributed by atoms with Gasteiger partial charge in [-0.25, -0.2) is 8.78 Å². The van der Waals surface area contributed by atoms with Crippen LogP contribution in [-0.4, -0.2) is 7.11 Å². The molecule has 2 nitrogen and oxygen atoms in total. The fourth-order valence-electron chi connectivity index (χ4n) is 3.55. The van der Waals surface area contributed by atoms with Crippen molar-refractivity contribution in [2.75, 3.05) is 7.11 Å². The highest BCUT2D eigenvalue weighted by Gasteiger charge is 2.25. The van der Waals surface area contributed by atoms with Crippen molar-refractivity contribution in [2.45, 2.75) is 19.4 Å². The number of halogens is 3. The number of hydrogen-bond acceptors (Lipinski definition) is 2. The fraction of sp³-hybridized carbons (Fsp3) is 0.167. The van der Waals surface area contributed by atoms with Gasteiger partial charge < -0.3 is 9.47 Å². The van der Waals surface area contributed by atoms with Crippen molar-refractivity contribution >= 4 is 21.5 Å². The summed E-state index contributed by atoms with van der Waals surface area (Å²) < 4.78 is 41.7. The highest BCUT2D eigenvalue weighted by atomic mass is 79.9. The first-order chi connectivity index (χ1) is 14.1. The maximum atomic E-state index is 15.0. The molecule has 0 amide bonds. The van der Waals surface area contributed by atoms with E-state index >= 15 is 8.78 Å². The van der Waals surface area contributed by atoms with Gasteiger partial charge in [-0.1, -0.05) is 52.3 Å². The van der Waals surface area contributed by atoms with Gasteiger partial charge in [0.15, 0.2) is 0 Å². The van der Waals surface area contributed by atoms with E-state index in [0.717, 1.165) is 33.3 Å². The molecule has 148 valence electrons. The van der Waals surface area contributed by atoms with Gasteiger partial charge in [-0.3, -0.25) is 0 Å². The topological polar surface area (TPSA) is 18.5 Å². The molecule has 0 aromatic heterocycles. The summed E-state index contributed by atoms with van der Waals surface area (Å²) in [4.78, 5) is 0. The van der Waals surface area contributed by atoms with Crippen LogP contribution in [0.4, 0.5) is 8.78 Å². The zero-order valence-electron chi connectivity index (χ0n) is 15.8. The van der Waals surface area contributed by atoms with Gasteiger partial charge in [0.25, 0.3) is 0 Å². The van der Waals surface area contributed by atoms with Crippen LogP contribution in [0.15, 0.2) is 65.1 Å². The molecule has 0 N–H and O–H groups in total. The molecular formula is C24H19BrF2O2. The van der Waals surface area contributed by atoms with Gasteiger partial charge in [0.1, 0.15) is 29.7 Å². The smallest absolute Gasteiger partial charge is 0.137 e. The molecule has 3 aromatic rings. The Morgan fingerprint density at radius 1 is 0.897 bits per heavy atom. The van der Waals surface area contributed by atoms with E-state index in [1.807, 2.05) is 42.5 Å². The maximum Gasteiger partial charge on any atom is 0.137 e. The average Bonchev–Trinajstić information content (AvgIpc) is 2.73. The first kappa shape index (κ1) is 19.6. The van der Waals surface area contributed by atoms with E-state index in [0.29, 0.717) is 12.0 Å². The molecule has 0 spiro atoms. The lowest BCUT2D eigenvalue weighted by molar-refractivity contribution is 0.302. The minimum atomic E-state index is -0.649. The van der Waals surface area contributed by atoms with Crippen LogP contribution >= 0.6 is 15.9 Å². The van der Waals surface area contributed by atoms with E-state index in [2.05, 4.69) is 15.9 Å². The van der Waals surface area contributed by atoms with Crippen LogP contribution < -0.4 is 9.47 Å². The van der Waals surface area contributed by atoms with E-state index < -0.39 is 11.6 Å². The second-order valence-electron chi connectivity index (χ2n) is 6.84. The highest BCUT2D eigenvalue weighted by molar-refractivity contribution is 9.11. The van der Waals surface area contributed by atoms with Crippen molar-refractivity contribution in [1.29, 1.82) is 0 Å². The summed E-state index contributed by atoms with van der Waals surface area (Å²) in [5.74, 6) is -0.408. The molecule has 5 heteroatoms. The van der Waals surface area contributed by atoms with E-state index in [1.165, 1.54) is 12.1 Å². The Morgan fingerprint density at radius 2 is 1.62 bits per heavy atom. The monoisotopic (exact) mass is 456 g/mol. The molecule has 0 fully saturated rings. The largest absolute Gasteiger partial charge is 0.497 e. The second kappa shape index (κ2) is 8.37. The second-order valence-corrected chi connectivity index (χ2v) is 7.80. The summed E-state index contributed by atoms with van der Waals surface area (Å²) in [5, 5.41) is 0. The summed E-state index contributed by atoms with van der Waals surface area (Å²) >= 11 is 3.53. The summed E-state index contributed by atoms with van der Waals surface area (Å²) in [5.41, 5.74) is 3.23. The molecule has 0 unspecified atom stereocenters. The first-order valence-electron chi connectivity index (χ1n) is 9.29. The third kappa shape index (κ3) is 4.06. The van der Waals surface area contributed by atoms with Crippen LogP contribution in [0.3, 0.4) is 0 Å². The Morgan fingerprint density at radius 3 is 2.31 bits per heavy atom. The van der Waals surface area contributed by atoms with E-state index in [1.54, 1.807) is 13.2 Å². The normalized spacial score (nSPS) is 13.2.